The van der Waals surface area contributed by atoms with Crippen LogP contribution in [-0.2, 0) is 5.92 Å². The molecule has 0 N–H and O–H groups in total. The summed E-state index contributed by atoms with van der Waals surface area (Å²) in [7, 11) is 0. The molecule has 29 heavy (non-hydrogen) atoms. The molecule has 1 aromatic carbocycles. The van der Waals surface area contributed by atoms with Crippen molar-refractivity contribution >= 4 is 5.69 Å². The highest BCUT2D eigenvalue weighted by Crippen LogP contribution is 2.43. The standard InChI is InChI=1S/C16H10F6N4O3/c1-7-13(15(18,19)16(20,21)22)24-6-25(14(7)27)12-10(5-23)3-9(8(2)17)4-11(12)26(28)29/h3-4,6,8H,1-2H3. The van der Waals surface area contributed by atoms with Crippen molar-refractivity contribution in [1.29, 1.82) is 5.26 Å². The lowest BCUT2D eigenvalue weighted by Crippen LogP contribution is -2.38. The van der Waals surface area contributed by atoms with Gasteiger partial charge in [-0.3, -0.25) is 19.5 Å². The van der Waals surface area contributed by atoms with E-state index in [4.69, 9.17) is 0 Å². The van der Waals surface area contributed by atoms with E-state index in [0.29, 0.717) is 11.5 Å². The average Bonchev–Trinajstić information content (AvgIpc) is 2.61. The topological polar surface area (TPSA) is 102 Å². The van der Waals surface area contributed by atoms with Gasteiger partial charge in [-0.15, -0.1) is 0 Å². The van der Waals surface area contributed by atoms with Crippen LogP contribution in [0.15, 0.2) is 23.3 Å². The van der Waals surface area contributed by atoms with Crippen LogP contribution in [-0.4, -0.2) is 20.7 Å². The Hall–Kier alpha value is -3.43. The molecule has 0 aliphatic carbocycles. The van der Waals surface area contributed by atoms with Gasteiger partial charge in [0.1, 0.15) is 29.9 Å². The monoisotopic (exact) mass is 420 g/mol. The SMILES string of the molecule is Cc1c(C(F)(F)C(F)(F)F)ncn(-c2c(C#N)cc(C(C)F)cc2[N+](=O)[O-])c1=O. The van der Waals surface area contributed by atoms with Crippen LogP contribution in [0.3, 0.4) is 0 Å². The Morgan fingerprint density at radius 3 is 2.31 bits per heavy atom. The van der Waals surface area contributed by atoms with Gasteiger partial charge in [-0.1, -0.05) is 0 Å². The van der Waals surface area contributed by atoms with Crippen LogP contribution < -0.4 is 5.56 Å². The second kappa shape index (κ2) is 7.19. The molecule has 154 valence electrons. The Kier molecular flexibility index (Phi) is 5.42. The van der Waals surface area contributed by atoms with Crippen LogP contribution in [0.5, 0.6) is 0 Å². The minimum atomic E-state index is -6.04. The van der Waals surface area contributed by atoms with E-state index in [1.165, 1.54) is 6.07 Å². The predicted octanol–water partition coefficient (Wildman–Crippen LogP) is 4.01. The Labute approximate surface area is 158 Å². The van der Waals surface area contributed by atoms with Crippen LogP contribution in [0.4, 0.5) is 32.0 Å². The fraction of sp³-hybridized carbons (Fsp3) is 0.312. The Bertz CT molecular complexity index is 1090. The second-order valence-corrected chi connectivity index (χ2v) is 5.89. The van der Waals surface area contributed by atoms with E-state index >= 15 is 0 Å². The number of rotatable bonds is 4. The molecule has 0 bridgehead atoms. The van der Waals surface area contributed by atoms with Gasteiger partial charge >= 0.3 is 12.1 Å². The molecular formula is C16H10F6N4O3. The van der Waals surface area contributed by atoms with Gasteiger partial charge in [-0.05, 0) is 25.5 Å². The molecule has 1 unspecified atom stereocenters. The lowest BCUT2D eigenvalue weighted by Gasteiger charge is -2.21. The molecule has 1 atom stereocenters. The Balaban J connectivity index is 2.87. The molecule has 2 aromatic rings. The molecule has 0 radical (unpaired) electrons. The third-order valence-electron chi connectivity index (χ3n) is 3.98. The van der Waals surface area contributed by atoms with Gasteiger partial charge in [-0.2, -0.15) is 27.2 Å². The van der Waals surface area contributed by atoms with E-state index < -0.39 is 56.9 Å². The molecule has 0 aliphatic rings. The molecule has 0 aliphatic heterocycles. The summed E-state index contributed by atoms with van der Waals surface area (Å²) in [5.74, 6) is -5.45. The van der Waals surface area contributed by atoms with Gasteiger partial charge in [0.05, 0.1) is 10.5 Å². The summed E-state index contributed by atoms with van der Waals surface area (Å²) in [5, 5.41) is 20.6. The van der Waals surface area contributed by atoms with Gasteiger partial charge < -0.3 is 0 Å². The van der Waals surface area contributed by atoms with Crippen LogP contribution in [0, 0.1) is 28.4 Å². The lowest BCUT2D eigenvalue weighted by molar-refractivity contribution is -0.384. The predicted molar refractivity (Wildman–Crippen MR) is 85.4 cm³/mol. The normalized spacial score (nSPS) is 13.1. The molecule has 1 aromatic heterocycles. The molecule has 1 heterocycles. The van der Waals surface area contributed by atoms with E-state index in [2.05, 4.69) is 4.98 Å². The van der Waals surface area contributed by atoms with Crippen molar-refractivity contribution < 1.29 is 31.3 Å². The summed E-state index contributed by atoms with van der Waals surface area (Å²) in [6.07, 6.45) is -7.53. The van der Waals surface area contributed by atoms with Crippen molar-refractivity contribution in [3.8, 4) is 11.8 Å². The minimum absolute atomic E-state index is 0.228. The third-order valence-corrected chi connectivity index (χ3v) is 3.98. The van der Waals surface area contributed by atoms with Gasteiger partial charge in [0.2, 0.25) is 0 Å². The number of nitro benzene ring substituents is 1. The van der Waals surface area contributed by atoms with E-state index in [0.717, 1.165) is 19.1 Å². The zero-order valence-electron chi connectivity index (χ0n) is 14.6. The number of nitro groups is 1. The quantitative estimate of drug-likeness (QED) is 0.423. The van der Waals surface area contributed by atoms with Crippen molar-refractivity contribution in [3.05, 3.63) is 61.3 Å². The Morgan fingerprint density at radius 1 is 1.28 bits per heavy atom. The van der Waals surface area contributed by atoms with Gasteiger partial charge in [0, 0.05) is 11.6 Å². The highest BCUT2D eigenvalue weighted by atomic mass is 19.4. The summed E-state index contributed by atoms with van der Waals surface area (Å²) < 4.78 is 78.8. The first-order valence-corrected chi connectivity index (χ1v) is 7.64. The van der Waals surface area contributed by atoms with Crippen molar-refractivity contribution in [2.45, 2.75) is 32.1 Å². The number of benzene rings is 1. The molecule has 2 rings (SSSR count). The van der Waals surface area contributed by atoms with Crippen molar-refractivity contribution in [3.63, 3.8) is 0 Å². The summed E-state index contributed by atoms with van der Waals surface area (Å²) in [5.41, 5.74) is -6.99. The first-order chi connectivity index (χ1) is 13.2. The van der Waals surface area contributed by atoms with Crippen molar-refractivity contribution in [2.75, 3.05) is 0 Å². The summed E-state index contributed by atoms with van der Waals surface area (Å²) in [4.78, 5) is 25.7. The number of nitriles is 1. The maximum Gasteiger partial charge on any atom is 0.459 e. The molecule has 7 nitrogen and oxygen atoms in total. The number of nitrogens with zero attached hydrogens (tertiary/aromatic N) is 4. The molecule has 13 heteroatoms. The van der Waals surface area contributed by atoms with Crippen molar-refractivity contribution in [2.24, 2.45) is 0 Å². The minimum Gasteiger partial charge on any atom is -0.269 e. The molecule has 0 amide bonds. The van der Waals surface area contributed by atoms with Gasteiger partial charge in [0.25, 0.3) is 11.2 Å². The molecule has 0 fully saturated rings. The summed E-state index contributed by atoms with van der Waals surface area (Å²) in [6, 6.07) is 3.13. The lowest BCUT2D eigenvalue weighted by atomic mass is 10.0. The van der Waals surface area contributed by atoms with E-state index in [9.17, 15) is 46.5 Å². The van der Waals surface area contributed by atoms with Crippen LogP contribution in [0.2, 0.25) is 0 Å². The van der Waals surface area contributed by atoms with Gasteiger partial charge in [-0.25, -0.2) is 9.37 Å². The zero-order chi connectivity index (χ0) is 22.3. The molecule has 0 saturated carbocycles. The fourth-order valence-corrected chi connectivity index (χ4v) is 2.50. The van der Waals surface area contributed by atoms with Gasteiger partial charge in [0.15, 0.2) is 0 Å². The number of hydrogen-bond acceptors (Lipinski definition) is 5. The molecule has 0 spiro atoms. The number of hydrogen-bond donors (Lipinski definition) is 0. The average molecular weight is 420 g/mol. The van der Waals surface area contributed by atoms with Crippen LogP contribution >= 0.6 is 0 Å². The van der Waals surface area contributed by atoms with E-state index in [-0.39, 0.29) is 11.9 Å². The zero-order valence-corrected chi connectivity index (χ0v) is 14.6. The molecular weight excluding hydrogens is 410 g/mol. The maximum atomic E-state index is 13.6. The number of aromatic nitrogens is 2. The Morgan fingerprint density at radius 2 is 1.86 bits per heavy atom. The van der Waals surface area contributed by atoms with Crippen LogP contribution in [0.25, 0.3) is 5.69 Å². The number of alkyl halides is 6. The van der Waals surface area contributed by atoms with Crippen molar-refractivity contribution in [1.82, 2.24) is 9.55 Å². The first kappa shape index (κ1) is 21.9. The van der Waals surface area contributed by atoms with Crippen LogP contribution in [0.1, 0.15) is 35.5 Å². The summed E-state index contributed by atoms with van der Waals surface area (Å²) >= 11 is 0. The summed E-state index contributed by atoms with van der Waals surface area (Å²) in [6.45, 7) is 1.67. The largest absolute Gasteiger partial charge is 0.459 e. The second-order valence-electron chi connectivity index (χ2n) is 5.89. The van der Waals surface area contributed by atoms with E-state index in [1.807, 2.05) is 0 Å². The molecule has 0 saturated heterocycles. The number of halogens is 6. The van der Waals surface area contributed by atoms with E-state index in [1.54, 1.807) is 0 Å². The smallest absolute Gasteiger partial charge is 0.269 e. The third kappa shape index (κ3) is 3.65. The highest BCUT2D eigenvalue weighted by Gasteiger charge is 2.60. The fourth-order valence-electron chi connectivity index (χ4n) is 2.50. The highest BCUT2D eigenvalue weighted by molar-refractivity contribution is 5.64. The maximum absolute atomic E-state index is 13.6. The first-order valence-electron chi connectivity index (χ1n) is 7.64.